The monoisotopic (exact) mass is 308 g/mol. The van der Waals surface area contributed by atoms with Crippen LogP contribution in [0.2, 0.25) is 0 Å². The van der Waals surface area contributed by atoms with E-state index in [0.29, 0.717) is 6.42 Å². The molecular formula is C20H24N2O. The highest BCUT2D eigenvalue weighted by molar-refractivity contribution is 5.86. The van der Waals surface area contributed by atoms with Crippen LogP contribution >= 0.6 is 0 Å². The molecule has 0 aromatic heterocycles. The van der Waals surface area contributed by atoms with Crippen LogP contribution in [0.3, 0.4) is 0 Å². The Morgan fingerprint density at radius 1 is 1.00 bits per heavy atom. The first-order chi connectivity index (χ1) is 11.0. The van der Waals surface area contributed by atoms with Gasteiger partial charge in [0.15, 0.2) is 0 Å². The molecule has 0 radical (unpaired) electrons. The summed E-state index contributed by atoms with van der Waals surface area (Å²) in [6.07, 6.45) is 1.14. The third kappa shape index (κ3) is 5.37. The molecule has 1 N–H and O–H groups in total. The van der Waals surface area contributed by atoms with E-state index in [4.69, 9.17) is 0 Å². The Morgan fingerprint density at radius 2 is 1.57 bits per heavy atom. The fourth-order valence-corrected chi connectivity index (χ4v) is 2.65. The number of hydrazone groups is 1. The largest absolute Gasteiger partial charge is 0.273 e. The number of rotatable bonds is 6. The number of hydrogen-bond donors (Lipinski definition) is 1. The summed E-state index contributed by atoms with van der Waals surface area (Å²) < 4.78 is 0. The molecule has 3 heteroatoms. The minimum absolute atomic E-state index is 0.0149. The van der Waals surface area contributed by atoms with Gasteiger partial charge in [0.2, 0.25) is 5.91 Å². The zero-order valence-corrected chi connectivity index (χ0v) is 14.0. The van der Waals surface area contributed by atoms with Gasteiger partial charge < -0.3 is 0 Å². The number of benzene rings is 2. The number of hydrogen-bond acceptors (Lipinski definition) is 2. The third-order valence-electron chi connectivity index (χ3n) is 3.83. The fraction of sp³-hybridized carbons (Fsp3) is 0.300. The Kier molecular flexibility index (Phi) is 5.69. The Balaban J connectivity index is 1.91. The summed E-state index contributed by atoms with van der Waals surface area (Å²) >= 11 is 0. The molecular weight excluding hydrogens is 284 g/mol. The van der Waals surface area contributed by atoms with Crippen molar-refractivity contribution < 1.29 is 4.79 Å². The van der Waals surface area contributed by atoms with Crippen LogP contribution < -0.4 is 5.43 Å². The molecule has 0 saturated carbocycles. The van der Waals surface area contributed by atoms with Crippen LogP contribution in [-0.2, 0) is 16.6 Å². The lowest BCUT2D eigenvalue weighted by Gasteiger charge is -2.25. The van der Waals surface area contributed by atoms with E-state index < -0.39 is 0 Å². The predicted molar refractivity (Wildman–Crippen MR) is 95.5 cm³/mol. The first-order valence-corrected chi connectivity index (χ1v) is 7.89. The van der Waals surface area contributed by atoms with E-state index in [2.05, 4.69) is 36.5 Å². The minimum atomic E-state index is -0.0898. The molecule has 0 aliphatic rings. The normalized spacial score (nSPS) is 12.0. The first kappa shape index (κ1) is 16.9. The average molecular weight is 308 g/mol. The van der Waals surface area contributed by atoms with Gasteiger partial charge in [-0.3, -0.25) is 4.79 Å². The molecule has 0 bridgehead atoms. The summed E-state index contributed by atoms with van der Waals surface area (Å²) in [6, 6.07) is 20.0. The highest BCUT2D eigenvalue weighted by Gasteiger charge is 2.21. The molecule has 0 fully saturated rings. The molecule has 23 heavy (non-hydrogen) atoms. The van der Waals surface area contributed by atoms with Crippen molar-refractivity contribution in [2.45, 2.75) is 39.0 Å². The average Bonchev–Trinajstić information content (AvgIpc) is 2.54. The molecule has 120 valence electrons. The Hall–Kier alpha value is -2.42. The molecule has 1 amide bonds. The van der Waals surface area contributed by atoms with Gasteiger partial charge in [-0.1, -0.05) is 74.5 Å². The van der Waals surface area contributed by atoms with Crippen molar-refractivity contribution in [2.75, 3.05) is 0 Å². The fourth-order valence-electron chi connectivity index (χ4n) is 2.65. The van der Waals surface area contributed by atoms with Crippen molar-refractivity contribution in [2.24, 2.45) is 5.10 Å². The smallest absolute Gasteiger partial charge is 0.244 e. The molecule has 0 aliphatic heterocycles. The Morgan fingerprint density at radius 3 is 2.17 bits per heavy atom. The zero-order valence-electron chi connectivity index (χ0n) is 14.0. The van der Waals surface area contributed by atoms with Gasteiger partial charge in [-0.2, -0.15) is 5.10 Å². The van der Waals surface area contributed by atoms with Crippen molar-refractivity contribution in [3.63, 3.8) is 0 Å². The number of carbonyl (C=O) groups excluding carboxylic acids is 1. The maximum Gasteiger partial charge on any atom is 0.244 e. The number of nitrogens with one attached hydrogen (secondary N) is 1. The van der Waals surface area contributed by atoms with Crippen molar-refractivity contribution >= 4 is 11.6 Å². The molecule has 2 rings (SSSR count). The lowest BCUT2D eigenvalue weighted by Crippen LogP contribution is -2.25. The minimum Gasteiger partial charge on any atom is -0.273 e. The van der Waals surface area contributed by atoms with Crippen molar-refractivity contribution in [3.05, 3.63) is 71.8 Å². The highest BCUT2D eigenvalue weighted by Crippen LogP contribution is 2.27. The Labute approximate surface area is 138 Å². The summed E-state index contributed by atoms with van der Waals surface area (Å²) in [5, 5.41) is 4.25. The topological polar surface area (TPSA) is 41.5 Å². The van der Waals surface area contributed by atoms with Crippen LogP contribution in [0.4, 0.5) is 0 Å². The lowest BCUT2D eigenvalue weighted by molar-refractivity contribution is -0.120. The summed E-state index contributed by atoms with van der Waals surface area (Å²) in [4.78, 5) is 11.9. The van der Waals surface area contributed by atoms with Gasteiger partial charge in [0.05, 0.1) is 6.42 Å². The SMILES string of the molecule is CC(CC(C)(C)c1ccccc1)=NNC(=O)Cc1ccccc1. The first-order valence-electron chi connectivity index (χ1n) is 7.89. The van der Waals surface area contributed by atoms with Crippen LogP contribution in [0.5, 0.6) is 0 Å². The quantitative estimate of drug-likeness (QED) is 0.634. The van der Waals surface area contributed by atoms with Crippen molar-refractivity contribution in [3.8, 4) is 0 Å². The molecule has 0 spiro atoms. The zero-order chi connectivity index (χ0) is 16.7. The van der Waals surface area contributed by atoms with Crippen LogP contribution in [0, 0.1) is 0 Å². The van der Waals surface area contributed by atoms with Gasteiger partial charge in [-0.15, -0.1) is 0 Å². The third-order valence-corrected chi connectivity index (χ3v) is 3.83. The van der Waals surface area contributed by atoms with Gasteiger partial charge in [-0.05, 0) is 29.9 Å². The number of amides is 1. The molecule has 0 atom stereocenters. The van der Waals surface area contributed by atoms with Gasteiger partial charge in [0, 0.05) is 5.71 Å². The molecule has 2 aromatic rings. The second kappa shape index (κ2) is 7.73. The molecule has 0 unspecified atom stereocenters. The standard InChI is InChI=1S/C20H24N2O/c1-16(15-20(2,3)18-12-8-5-9-13-18)21-22-19(23)14-17-10-6-4-7-11-17/h4-13H,14-15H2,1-3H3,(H,22,23). The van der Waals surface area contributed by atoms with Gasteiger partial charge in [-0.25, -0.2) is 5.43 Å². The van der Waals surface area contributed by atoms with E-state index in [1.807, 2.05) is 55.5 Å². The second-order valence-electron chi connectivity index (χ2n) is 6.47. The second-order valence-corrected chi connectivity index (χ2v) is 6.47. The van der Waals surface area contributed by atoms with Crippen LogP contribution in [-0.4, -0.2) is 11.6 Å². The maximum atomic E-state index is 11.9. The van der Waals surface area contributed by atoms with Gasteiger partial charge in [0.1, 0.15) is 0 Å². The predicted octanol–water partition coefficient (Wildman–Crippen LogP) is 4.09. The van der Waals surface area contributed by atoms with Crippen molar-refractivity contribution in [1.82, 2.24) is 5.43 Å². The summed E-state index contributed by atoms with van der Waals surface area (Å²) in [7, 11) is 0. The van der Waals surface area contributed by atoms with E-state index >= 15 is 0 Å². The van der Waals surface area contributed by atoms with Crippen molar-refractivity contribution in [1.29, 1.82) is 0 Å². The molecule has 3 nitrogen and oxygen atoms in total. The van der Waals surface area contributed by atoms with Crippen LogP contribution in [0.15, 0.2) is 65.8 Å². The van der Waals surface area contributed by atoms with E-state index in [0.717, 1.165) is 17.7 Å². The summed E-state index contributed by atoms with van der Waals surface area (Å²) in [5.74, 6) is -0.0898. The summed E-state index contributed by atoms with van der Waals surface area (Å²) in [6.45, 7) is 6.33. The highest BCUT2D eigenvalue weighted by atomic mass is 16.2. The number of nitrogens with zero attached hydrogens (tertiary/aromatic N) is 1. The van der Waals surface area contributed by atoms with Gasteiger partial charge >= 0.3 is 0 Å². The Bertz CT molecular complexity index is 661. The van der Waals surface area contributed by atoms with E-state index in [-0.39, 0.29) is 11.3 Å². The maximum absolute atomic E-state index is 11.9. The molecule has 2 aromatic carbocycles. The molecule has 0 aliphatic carbocycles. The van der Waals surface area contributed by atoms with Gasteiger partial charge in [0.25, 0.3) is 0 Å². The summed E-state index contributed by atoms with van der Waals surface area (Å²) in [5.41, 5.74) is 5.81. The van der Waals surface area contributed by atoms with E-state index in [1.165, 1.54) is 5.56 Å². The van der Waals surface area contributed by atoms with Crippen LogP contribution in [0.1, 0.15) is 38.3 Å². The molecule has 0 heterocycles. The lowest BCUT2D eigenvalue weighted by atomic mass is 9.80. The van der Waals surface area contributed by atoms with Crippen LogP contribution in [0.25, 0.3) is 0 Å². The van der Waals surface area contributed by atoms with E-state index in [1.54, 1.807) is 0 Å². The molecule has 0 saturated heterocycles. The van der Waals surface area contributed by atoms with E-state index in [9.17, 15) is 4.79 Å². The number of carbonyl (C=O) groups is 1.